The summed E-state index contributed by atoms with van der Waals surface area (Å²) in [5, 5.41) is 9.91. The van der Waals surface area contributed by atoms with E-state index in [-0.39, 0.29) is 11.9 Å². The lowest BCUT2D eigenvalue weighted by Gasteiger charge is -2.34. The van der Waals surface area contributed by atoms with Crippen LogP contribution in [0.3, 0.4) is 0 Å². The van der Waals surface area contributed by atoms with Gasteiger partial charge in [0, 0.05) is 69.5 Å². The Hall–Kier alpha value is -2.93. The summed E-state index contributed by atoms with van der Waals surface area (Å²) >= 11 is 1.76. The number of aryl methyl sites for hydroxylation is 1. The summed E-state index contributed by atoms with van der Waals surface area (Å²) in [4.78, 5) is 38.8. The molecule has 3 aromatic rings. The summed E-state index contributed by atoms with van der Waals surface area (Å²) in [5.41, 5.74) is 7.83. The van der Waals surface area contributed by atoms with E-state index in [9.17, 15) is 9.90 Å². The number of rotatable bonds is 8. The number of morpholine rings is 1. The average molecular weight is 555 g/mol. The molecule has 0 unspecified atom stereocenters. The number of ether oxygens (including phenoxy) is 1. The Kier molecular flexibility index (Phi) is 8.27. The largest absolute Gasteiger partial charge is 0.390 e. The summed E-state index contributed by atoms with van der Waals surface area (Å²) in [5.74, 6) is 1.92. The van der Waals surface area contributed by atoms with E-state index in [2.05, 4.69) is 26.7 Å². The fourth-order valence-corrected chi connectivity index (χ4v) is 6.34. The lowest BCUT2D eigenvalue weighted by Crippen LogP contribution is -2.48. The van der Waals surface area contributed by atoms with Gasteiger partial charge in [0.25, 0.3) is 0 Å². The predicted octanol–water partition coefficient (Wildman–Crippen LogP) is 2.46. The van der Waals surface area contributed by atoms with E-state index in [0.29, 0.717) is 38.3 Å². The van der Waals surface area contributed by atoms with Gasteiger partial charge in [-0.15, -0.1) is 11.3 Å². The monoisotopic (exact) mass is 554 g/mol. The Morgan fingerprint density at radius 2 is 1.79 bits per heavy atom. The number of carbonyl (C=O) groups excluding carboxylic acids is 1. The molecule has 3 N–H and O–H groups in total. The van der Waals surface area contributed by atoms with Crippen molar-refractivity contribution < 1.29 is 14.6 Å². The van der Waals surface area contributed by atoms with Crippen molar-refractivity contribution >= 4 is 39.2 Å². The lowest BCUT2D eigenvalue weighted by molar-refractivity contribution is -0.133. The normalized spacial score (nSPS) is 17.2. The van der Waals surface area contributed by atoms with Gasteiger partial charge in [-0.25, -0.2) is 19.9 Å². The fourth-order valence-electron chi connectivity index (χ4n) is 5.03. The first-order valence-corrected chi connectivity index (χ1v) is 14.4. The molecule has 0 spiro atoms. The second kappa shape index (κ2) is 11.7. The number of aliphatic hydroxyl groups is 1. The van der Waals surface area contributed by atoms with Gasteiger partial charge < -0.3 is 25.4 Å². The Labute approximate surface area is 233 Å². The first-order valence-electron chi connectivity index (χ1n) is 13.6. The van der Waals surface area contributed by atoms with Crippen molar-refractivity contribution in [2.75, 3.05) is 63.1 Å². The highest BCUT2D eigenvalue weighted by Gasteiger charge is 2.26. The summed E-state index contributed by atoms with van der Waals surface area (Å²) in [6.45, 7) is 12.5. The van der Waals surface area contributed by atoms with Crippen LogP contribution in [0.5, 0.6) is 0 Å². The first-order chi connectivity index (χ1) is 18.7. The van der Waals surface area contributed by atoms with Gasteiger partial charge in [0.15, 0.2) is 11.6 Å². The van der Waals surface area contributed by atoms with Crippen LogP contribution in [0, 0.1) is 6.92 Å². The van der Waals surface area contributed by atoms with E-state index in [4.69, 9.17) is 20.4 Å². The second-order valence-electron chi connectivity index (χ2n) is 11.0. The van der Waals surface area contributed by atoms with Gasteiger partial charge in [-0.05, 0) is 39.2 Å². The smallest absolute Gasteiger partial charge is 0.222 e. The second-order valence-corrected chi connectivity index (χ2v) is 12.1. The van der Waals surface area contributed by atoms with Gasteiger partial charge in [0.1, 0.15) is 0 Å². The van der Waals surface area contributed by atoms with E-state index in [0.717, 1.165) is 73.0 Å². The maximum Gasteiger partial charge on any atom is 0.222 e. The molecule has 0 aromatic carbocycles. The van der Waals surface area contributed by atoms with Crippen LogP contribution >= 0.6 is 11.3 Å². The molecule has 0 aliphatic carbocycles. The number of aromatic nitrogens is 4. The topological polar surface area (TPSA) is 134 Å². The molecule has 5 heterocycles. The number of hydrogen-bond acceptors (Lipinski definition) is 11. The molecular weight excluding hydrogens is 516 g/mol. The molecule has 0 atom stereocenters. The fraction of sp³-hybridized carbons (Fsp3) is 0.593. The number of nitrogen functional groups attached to an aromatic ring is 1. The van der Waals surface area contributed by atoms with Crippen molar-refractivity contribution in [3.63, 3.8) is 0 Å². The minimum Gasteiger partial charge on any atom is -0.390 e. The molecule has 11 nitrogen and oxygen atoms in total. The Bertz CT molecular complexity index is 1290. The number of fused-ring (bicyclic) bond motifs is 1. The van der Waals surface area contributed by atoms with Gasteiger partial charge in [-0.2, -0.15) is 0 Å². The van der Waals surface area contributed by atoms with E-state index < -0.39 is 5.60 Å². The summed E-state index contributed by atoms with van der Waals surface area (Å²) < 4.78 is 6.68. The molecule has 1 amide bonds. The predicted molar refractivity (Wildman–Crippen MR) is 153 cm³/mol. The van der Waals surface area contributed by atoms with Gasteiger partial charge in [-0.1, -0.05) is 0 Å². The third-order valence-electron chi connectivity index (χ3n) is 7.36. The van der Waals surface area contributed by atoms with Gasteiger partial charge >= 0.3 is 0 Å². The molecule has 2 aliphatic rings. The van der Waals surface area contributed by atoms with Crippen LogP contribution in [0.2, 0.25) is 0 Å². The zero-order chi connectivity index (χ0) is 27.6. The number of thiophene rings is 1. The molecular formula is C27H38N8O3S. The molecule has 0 saturated carbocycles. The number of hydrogen-bond donors (Lipinski definition) is 2. The molecule has 2 fully saturated rings. The third-order valence-corrected chi connectivity index (χ3v) is 8.62. The number of piperazine rings is 1. The Morgan fingerprint density at radius 1 is 1.10 bits per heavy atom. The molecule has 0 bridgehead atoms. The van der Waals surface area contributed by atoms with Gasteiger partial charge in [0.2, 0.25) is 11.9 Å². The summed E-state index contributed by atoms with van der Waals surface area (Å²) in [7, 11) is 0. The molecule has 210 valence electrons. The van der Waals surface area contributed by atoms with E-state index in [1.807, 2.05) is 4.90 Å². The van der Waals surface area contributed by atoms with Crippen LogP contribution < -0.4 is 10.6 Å². The number of nitrogens with two attached hydrogens (primary N) is 1. The molecule has 0 radical (unpaired) electrons. The van der Waals surface area contributed by atoms with E-state index >= 15 is 0 Å². The molecule has 39 heavy (non-hydrogen) atoms. The number of amides is 1. The van der Waals surface area contributed by atoms with Crippen LogP contribution in [-0.2, 0) is 16.1 Å². The SMILES string of the molecule is Cc1c(CN2CCN(C(=O)CCCC(C)(C)O)CC2)sc2c(N3CCOCC3)nc(-c3cnc(N)nc3)nc12. The van der Waals surface area contributed by atoms with Gasteiger partial charge in [-0.3, -0.25) is 9.69 Å². The highest BCUT2D eigenvalue weighted by atomic mass is 32.1. The maximum absolute atomic E-state index is 12.7. The highest BCUT2D eigenvalue weighted by molar-refractivity contribution is 7.19. The van der Waals surface area contributed by atoms with Crippen LogP contribution in [-0.4, -0.2) is 98.8 Å². The zero-order valence-electron chi connectivity index (χ0n) is 23.0. The maximum atomic E-state index is 12.7. The molecule has 5 rings (SSSR count). The third kappa shape index (κ3) is 6.63. The van der Waals surface area contributed by atoms with Crippen LogP contribution in [0.1, 0.15) is 43.6 Å². The van der Waals surface area contributed by atoms with E-state index in [1.165, 1.54) is 4.88 Å². The number of nitrogens with zero attached hydrogens (tertiary/aromatic N) is 7. The minimum absolute atomic E-state index is 0.182. The van der Waals surface area contributed by atoms with E-state index in [1.54, 1.807) is 37.6 Å². The molecule has 3 aromatic heterocycles. The lowest BCUT2D eigenvalue weighted by atomic mass is 10.0. The zero-order valence-corrected chi connectivity index (χ0v) is 23.8. The molecule has 2 saturated heterocycles. The highest BCUT2D eigenvalue weighted by Crippen LogP contribution is 2.38. The van der Waals surface area contributed by atoms with Crippen molar-refractivity contribution in [1.82, 2.24) is 29.7 Å². The summed E-state index contributed by atoms with van der Waals surface area (Å²) in [6, 6.07) is 0. The van der Waals surface area contributed by atoms with Crippen molar-refractivity contribution in [3.8, 4) is 11.4 Å². The Balaban J connectivity index is 1.32. The summed E-state index contributed by atoms with van der Waals surface area (Å²) in [6.07, 6.45) is 5.16. The number of anilines is 2. The number of carbonyl (C=O) groups is 1. The van der Waals surface area contributed by atoms with Crippen LogP contribution in [0.25, 0.3) is 21.6 Å². The van der Waals surface area contributed by atoms with Crippen molar-refractivity contribution in [2.24, 2.45) is 0 Å². The standard InChI is InChI=1S/C27H38N8O3S/c1-18-20(17-33-7-9-34(10-8-33)21(36)5-4-6-27(2,3)37)39-23-22(18)31-24(19-15-29-26(28)30-16-19)32-25(23)35-11-13-38-14-12-35/h15-16,37H,4-14,17H2,1-3H3,(H2,28,29,30). The average Bonchev–Trinajstić information content (AvgIpc) is 3.23. The first kappa shape index (κ1) is 27.6. The molecule has 12 heteroatoms. The minimum atomic E-state index is -0.725. The van der Waals surface area contributed by atoms with Crippen molar-refractivity contribution in [1.29, 1.82) is 0 Å². The van der Waals surface area contributed by atoms with Crippen molar-refractivity contribution in [2.45, 2.75) is 52.2 Å². The quantitative estimate of drug-likeness (QED) is 0.428. The van der Waals surface area contributed by atoms with Crippen LogP contribution in [0.15, 0.2) is 12.4 Å². The Morgan fingerprint density at radius 3 is 2.46 bits per heavy atom. The van der Waals surface area contributed by atoms with Gasteiger partial charge in [0.05, 0.1) is 34.6 Å². The molecule has 2 aliphatic heterocycles. The van der Waals surface area contributed by atoms with Crippen LogP contribution in [0.4, 0.5) is 11.8 Å². The van der Waals surface area contributed by atoms with Crippen molar-refractivity contribution in [3.05, 3.63) is 22.8 Å².